The van der Waals surface area contributed by atoms with Crippen LogP contribution in [0.5, 0.6) is 0 Å². The average molecular weight is 294 g/mol. The molecule has 0 heterocycles. The maximum absolute atomic E-state index is 11.7. The molecule has 0 saturated heterocycles. The Bertz CT molecular complexity index is 227. The van der Waals surface area contributed by atoms with Crippen LogP contribution in [0.4, 0.5) is 13.2 Å². The van der Waals surface area contributed by atoms with E-state index in [9.17, 15) is 18.0 Å². The molecule has 0 spiro atoms. The average Bonchev–Trinajstić information content (AvgIpc) is 2.14. The summed E-state index contributed by atoms with van der Waals surface area (Å²) in [6, 6.07) is 0. The minimum absolute atomic E-state index is 0. The number of rotatable bonds is 9. The molecule has 0 aromatic carbocycles. The summed E-state index contributed by atoms with van der Waals surface area (Å²) in [5, 5.41) is 8.60. The maximum Gasteiger partial charge on any atom is 0.411 e. The standard InChI is InChI=1S/C10H18F3NO3.ClH/c1-2-4-14(7-9(15)16)5-3-6-17-8-10(11,12)13;/h2-8H2,1H3,(H,15,16);1H. The van der Waals surface area contributed by atoms with E-state index in [0.717, 1.165) is 6.42 Å². The number of aliphatic carboxylic acids is 1. The highest BCUT2D eigenvalue weighted by molar-refractivity contribution is 5.85. The first-order chi connectivity index (χ1) is 7.85. The highest BCUT2D eigenvalue weighted by Crippen LogP contribution is 2.14. The van der Waals surface area contributed by atoms with Gasteiger partial charge in [0, 0.05) is 13.2 Å². The van der Waals surface area contributed by atoms with Crippen LogP contribution >= 0.6 is 12.4 Å². The maximum atomic E-state index is 11.7. The van der Waals surface area contributed by atoms with E-state index >= 15 is 0 Å². The lowest BCUT2D eigenvalue weighted by Gasteiger charge is -2.19. The Hall–Kier alpha value is -0.530. The van der Waals surface area contributed by atoms with Gasteiger partial charge >= 0.3 is 12.1 Å². The molecule has 4 nitrogen and oxygen atoms in total. The molecule has 0 unspecified atom stereocenters. The van der Waals surface area contributed by atoms with Gasteiger partial charge in [-0.15, -0.1) is 12.4 Å². The number of carbonyl (C=O) groups is 1. The summed E-state index contributed by atoms with van der Waals surface area (Å²) >= 11 is 0. The van der Waals surface area contributed by atoms with Crippen LogP contribution in [0.1, 0.15) is 19.8 Å². The second-order valence-corrected chi connectivity index (χ2v) is 3.69. The minimum Gasteiger partial charge on any atom is -0.480 e. The molecule has 0 aliphatic heterocycles. The van der Waals surface area contributed by atoms with Gasteiger partial charge in [-0.1, -0.05) is 6.92 Å². The zero-order valence-electron chi connectivity index (χ0n) is 10.2. The van der Waals surface area contributed by atoms with Crippen LogP contribution in [0.25, 0.3) is 0 Å². The van der Waals surface area contributed by atoms with Crippen molar-refractivity contribution >= 4 is 18.4 Å². The molecule has 8 heteroatoms. The molecule has 0 radical (unpaired) electrons. The highest BCUT2D eigenvalue weighted by atomic mass is 35.5. The summed E-state index contributed by atoms with van der Waals surface area (Å²) in [5.74, 6) is -0.936. The summed E-state index contributed by atoms with van der Waals surface area (Å²) in [4.78, 5) is 12.2. The van der Waals surface area contributed by atoms with E-state index in [0.29, 0.717) is 19.5 Å². The first-order valence-electron chi connectivity index (χ1n) is 5.43. The van der Waals surface area contributed by atoms with Gasteiger partial charge in [0.15, 0.2) is 0 Å². The monoisotopic (exact) mass is 293 g/mol. The van der Waals surface area contributed by atoms with Gasteiger partial charge in [0.1, 0.15) is 6.61 Å². The molecule has 18 heavy (non-hydrogen) atoms. The normalized spacial score (nSPS) is 11.4. The van der Waals surface area contributed by atoms with Crippen molar-refractivity contribution in [2.75, 3.05) is 32.8 Å². The van der Waals surface area contributed by atoms with Gasteiger partial charge in [-0.3, -0.25) is 9.69 Å². The number of ether oxygens (including phenoxy) is 1. The van der Waals surface area contributed by atoms with Crippen molar-refractivity contribution in [3.63, 3.8) is 0 Å². The molecule has 0 amide bonds. The lowest BCUT2D eigenvalue weighted by atomic mass is 10.3. The smallest absolute Gasteiger partial charge is 0.411 e. The third-order valence-corrected chi connectivity index (χ3v) is 1.93. The largest absolute Gasteiger partial charge is 0.480 e. The second kappa shape index (κ2) is 10.4. The molecular formula is C10H19ClF3NO3. The van der Waals surface area contributed by atoms with E-state index < -0.39 is 18.8 Å². The van der Waals surface area contributed by atoms with Crippen LogP contribution < -0.4 is 0 Å². The topological polar surface area (TPSA) is 49.8 Å². The van der Waals surface area contributed by atoms with E-state index in [2.05, 4.69) is 4.74 Å². The first kappa shape index (κ1) is 19.8. The van der Waals surface area contributed by atoms with Crippen LogP contribution in [0.3, 0.4) is 0 Å². The quantitative estimate of drug-likeness (QED) is 0.662. The number of carboxylic acids is 1. The fraction of sp³-hybridized carbons (Fsp3) is 0.900. The van der Waals surface area contributed by atoms with Crippen LogP contribution in [0.2, 0.25) is 0 Å². The van der Waals surface area contributed by atoms with Crippen LogP contribution in [-0.2, 0) is 9.53 Å². The number of nitrogens with zero attached hydrogens (tertiary/aromatic N) is 1. The Morgan fingerprint density at radius 1 is 1.33 bits per heavy atom. The predicted molar refractivity (Wildman–Crippen MR) is 63.1 cm³/mol. The third-order valence-electron chi connectivity index (χ3n) is 1.93. The minimum atomic E-state index is -4.30. The van der Waals surface area contributed by atoms with Gasteiger partial charge in [-0.2, -0.15) is 13.2 Å². The van der Waals surface area contributed by atoms with Crippen molar-refractivity contribution in [3.05, 3.63) is 0 Å². The fourth-order valence-corrected chi connectivity index (χ4v) is 1.36. The molecule has 0 rings (SSSR count). The summed E-state index contributed by atoms with van der Waals surface area (Å²) in [5.41, 5.74) is 0. The van der Waals surface area contributed by atoms with E-state index in [-0.39, 0.29) is 25.6 Å². The van der Waals surface area contributed by atoms with E-state index in [4.69, 9.17) is 5.11 Å². The molecule has 0 aliphatic carbocycles. The van der Waals surface area contributed by atoms with Gasteiger partial charge in [0.05, 0.1) is 6.54 Å². The highest BCUT2D eigenvalue weighted by Gasteiger charge is 2.27. The Kier molecular flexibility index (Phi) is 11.4. The van der Waals surface area contributed by atoms with Crippen molar-refractivity contribution < 1.29 is 27.8 Å². The second-order valence-electron chi connectivity index (χ2n) is 3.69. The molecule has 0 aromatic rings. The molecule has 110 valence electrons. The van der Waals surface area contributed by atoms with Crippen LogP contribution in [-0.4, -0.2) is 55.0 Å². The zero-order chi connectivity index (χ0) is 13.3. The third kappa shape index (κ3) is 13.5. The van der Waals surface area contributed by atoms with E-state index in [1.807, 2.05) is 6.92 Å². The zero-order valence-corrected chi connectivity index (χ0v) is 11.0. The molecule has 0 saturated carbocycles. The van der Waals surface area contributed by atoms with E-state index in [1.54, 1.807) is 4.90 Å². The fourth-order valence-electron chi connectivity index (χ4n) is 1.36. The number of halogens is 4. The summed E-state index contributed by atoms with van der Waals surface area (Å²) in [6.07, 6.45) is -3.11. The summed E-state index contributed by atoms with van der Waals surface area (Å²) in [7, 11) is 0. The lowest BCUT2D eigenvalue weighted by Crippen LogP contribution is -2.32. The molecule has 0 aliphatic rings. The summed E-state index contributed by atoms with van der Waals surface area (Å²) in [6.45, 7) is 1.60. The van der Waals surface area contributed by atoms with Gasteiger partial charge in [-0.05, 0) is 19.4 Å². The summed E-state index contributed by atoms with van der Waals surface area (Å²) < 4.78 is 39.6. The van der Waals surface area contributed by atoms with Crippen molar-refractivity contribution in [3.8, 4) is 0 Å². The Labute approximate surface area is 111 Å². The van der Waals surface area contributed by atoms with Crippen molar-refractivity contribution in [2.24, 2.45) is 0 Å². The Morgan fingerprint density at radius 3 is 2.39 bits per heavy atom. The van der Waals surface area contributed by atoms with Crippen molar-refractivity contribution in [1.29, 1.82) is 0 Å². The Balaban J connectivity index is 0. The molecule has 1 N–H and O–H groups in total. The number of hydrogen-bond acceptors (Lipinski definition) is 3. The van der Waals surface area contributed by atoms with Gasteiger partial charge in [0.25, 0.3) is 0 Å². The van der Waals surface area contributed by atoms with Gasteiger partial charge < -0.3 is 9.84 Å². The predicted octanol–water partition coefficient (Wildman–Crippen LogP) is 2.17. The number of carboxylic acid groups (broad SMARTS) is 1. The SMILES string of the molecule is CCCN(CCCOCC(F)(F)F)CC(=O)O.Cl. The first-order valence-corrected chi connectivity index (χ1v) is 5.43. The van der Waals surface area contributed by atoms with Crippen molar-refractivity contribution in [2.45, 2.75) is 25.9 Å². The molecule has 0 bridgehead atoms. The van der Waals surface area contributed by atoms with Crippen LogP contribution in [0.15, 0.2) is 0 Å². The van der Waals surface area contributed by atoms with Crippen LogP contribution in [0, 0.1) is 0 Å². The molecule has 0 aromatic heterocycles. The van der Waals surface area contributed by atoms with Gasteiger partial charge in [-0.25, -0.2) is 0 Å². The molecule has 0 atom stereocenters. The molecular weight excluding hydrogens is 275 g/mol. The Morgan fingerprint density at radius 2 is 1.94 bits per heavy atom. The number of hydrogen-bond donors (Lipinski definition) is 1. The number of alkyl halides is 3. The van der Waals surface area contributed by atoms with Gasteiger partial charge in [0.2, 0.25) is 0 Å². The van der Waals surface area contributed by atoms with Crippen molar-refractivity contribution in [1.82, 2.24) is 4.90 Å². The molecule has 0 fully saturated rings. The van der Waals surface area contributed by atoms with E-state index in [1.165, 1.54) is 0 Å². The lowest BCUT2D eigenvalue weighted by molar-refractivity contribution is -0.174.